The van der Waals surface area contributed by atoms with Crippen LogP contribution in [0.5, 0.6) is 0 Å². The van der Waals surface area contributed by atoms with Crippen LogP contribution in [-0.4, -0.2) is 37.4 Å². The Bertz CT molecular complexity index is 405. The highest BCUT2D eigenvalue weighted by atomic mass is 79.9. The van der Waals surface area contributed by atoms with E-state index in [4.69, 9.17) is 0 Å². The quantitative estimate of drug-likeness (QED) is 0.753. The van der Waals surface area contributed by atoms with Gasteiger partial charge in [0.2, 0.25) is 10.0 Å². The largest absolute Gasteiger partial charge is 0.214 e. The summed E-state index contributed by atoms with van der Waals surface area (Å²) in [6.07, 6.45) is 0.565. The van der Waals surface area contributed by atoms with Gasteiger partial charge in [0.05, 0.1) is 5.75 Å². The van der Waals surface area contributed by atoms with Crippen LogP contribution in [0, 0.1) is 0 Å². The van der Waals surface area contributed by atoms with Crippen LogP contribution in [0.3, 0.4) is 0 Å². The first kappa shape index (κ1) is 13.7. The molecule has 0 aliphatic heterocycles. The summed E-state index contributed by atoms with van der Waals surface area (Å²) in [6.45, 7) is 0.511. The minimum Gasteiger partial charge on any atom is -0.212 e. The lowest BCUT2D eigenvalue weighted by Gasteiger charge is -2.15. The lowest BCUT2D eigenvalue weighted by Crippen LogP contribution is -2.31. The summed E-state index contributed by atoms with van der Waals surface area (Å²) in [5.41, 5.74) is 1.05. The van der Waals surface area contributed by atoms with Gasteiger partial charge >= 0.3 is 0 Å². The molecule has 0 amide bonds. The molecule has 0 saturated heterocycles. The van der Waals surface area contributed by atoms with Gasteiger partial charge in [0.15, 0.2) is 0 Å². The average molecular weight is 306 g/mol. The number of nitrogens with zero attached hydrogens (tertiary/aromatic N) is 1. The fraction of sp³-hybridized carbons (Fsp3) is 0.455. The molecule has 16 heavy (non-hydrogen) atoms. The van der Waals surface area contributed by atoms with Gasteiger partial charge in [-0.2, -0.15) is 0 Å². The Balaban J connectivity index is 2.55. The second-order valence-electron chi connectivity index (χ2n) is 3.56. The molecular formula is C11H16BrNO2S. The first-order valence-corrected chi connectivity index (χ1v) is 7.83. The summed E-state index contributed by atoms with van der Waals surface area (Å²) in [4.78, 5) is 0. The average Bonchev–Trinajstić information content (AvgIpc) is 2.28. The highest BCUT2D eigenvalue weighted by molar-refractivity contribution is 9.09. The van der Waals surface area contributed by atoms with Crippen molar-refractivity contribution in [2.24, 2.45) is 0 Å². The van der Waals surface area contributed by atoms with Crippen LogP contribution < -0.4 is 0 Å². The number of aryl methyl sites for hydroxylation is 1. The molecule has 0 bridgehead atoms. The van der Waals surface area contributed by atoms with E-state index in [1.54, 1.807) is 7.05 Å². The number of benzene rings is 1. The zero-order chi connectivity index (χ0) is 12.0. The number of halogens is 1. The molecule has 0 saturated carbocycles. The third kappa shape index (κ3) is 4.23. The second kappa shape index (κ2) is 6.37. The predicted molar refractivity (Wildman–Crippen MR) is 70.4 cm³/mol. The van der Waals surface area contributed by atoms with E-state index in [0.29, 0.717) is 18.3 Å². The van der Waals surface area contributed by atoms with E-state index in [0.717, 1.165) is 5.56 Å². The normalized spacial score (nSPS) is 11.9. The number of sulfonamides is 1. The SMILES string of the molecule is CN(CCBr)S(=O)(=O)CCc1ccccc1. The summed E-state index contributed by atoms with van der Waals surface area (Å²) in [5.74, 6) is 0.167. The Kier molecular flexibility index (Phi) is 5.44. The van der Waals surface area contributed by atoms with Crippen molar-refractivity contribution in [3.63, 3.8) is 0 Å². The molecule has 3 nitrogen and oxygen atoms in total. The maximum absolute atomic E-state index is 11.8. The second-order valence-corrected chi connectivity index (χ2v) is 6.55. The van der Waals surface area contributed by atoms with Gasteiger partial charge in [0.25, 0.3) is 0 Å². The zero-order valence-corrected chi connectivity index (χ0v) is 11.7. The molecular weight excluding hydrogens is 290 g/mol. The first-order valence-electron chi connectivity index (χ1n) is 5.10. The molecule has 0 spiro atoms. The molecule has 1 aromatic carbocycles. The van der Waals surface area contributed by atoms with Crippen molar-refractivity contribution in [2.75, 3.05) is 24.7 Å². The third-order valence-corrected chi connectivity index (χ3v) is 4.57. The van der Waals surface area contributed by atoms with Crippen LogP contribution in [0.2, 0.25) is 0 Å². The molecule has 0 aromatic heterocycles. The molecule has 1 rings (SSSR count). The summed E-state index contributed by atoms with van der Waals surface area (Å²) < 4.78 is 25.0. The van der Waals surface area contributed by atoms with Crippen molar-refractivity contribution in [3.8, 4) is 0 Å². The molecule has 0 heterocycles. The molecule has 0 fully saturated rings. The predicted octanol–water partition coefficient (Wildman–Crippen LogP) is 1.89. The lowest BCUT2D eigenvalue weighted by molar-refractivity contribution is 0.489. The molecule has 0 N–H and O–H groups in total. The van der Waals surface area contributed by atoms with Gasteiger partial charge in [0.1, 0.15) is 0 Å². The van der Waals surface area contributed by atoms with Gasteiger partial charge in [0, 0.05) is 18.9 Å². The number of rotatable bonds is 6. The van der Waals surface area contributed by atoms with Crippen molar-refractivity contribution >= 4 is 26.0 Å². The Hall–Kier alpha value is -0.390. The molecule has 0 aliphatic rings. The Morgan fingerprint density at radius 3 is 2.44 bits per heavy atom. The molecule has 5 heteroatoms. The van der Waals surface area contributed by atoms with E-state index in [1.165, 1.54) is 4.31 Å². The van der Waals surface area contributed by atoms with Crippen molar-refractivity contribution in [1.82, 2.24) is 4.31 Å². The third-order valence-electron chi connectivity index (χ3n) is 2.37. The standard InChI is InChI=1S/C11H16BrNO2S/c1-13(9-8-12)16(14,15)10-7-11-5-3-2-4-6-11/h2-6H,7-10H2,1H3. The van der Waals surface area contributed by atoms with Crippen molar-refractivity contribution in [3.05, 3.63) is 35.9 Å². The number of hydrogen-bond donors (Lipinski definition) is 0. The van der Waals surface area contributed by atoms with Gasteiger partial charge in [-0.25, -0.2) is 12.7 Å². The summed E-state index contributed by atoms with van der Waals surface area (Å²) in [5, 5.41) is 0.661. The maximum Gasteiger partial charge on any atom is 0.214 e. The maximum atomic E-state index is 11.8. The minimum absolute atomic E-state index is 0.167. The Morgan fingerprint density at radius 1 is 1.25 bits per heavy atom. The van der Waals surface area contributed by atoms with Gasteiger partial charge in [-0.1, -0.05) is 46.3 Å². The topological polar surface area (TPSA) is 37.4 Å². The van der Waals surface area contributed by atoms with E-state index >= 15 is 0 Å². The van der Waals surface area contributed by atoms with Crippen LogP contribution in [0.4, 0.5) is 0 Å². The zero-order valence-electron chi connectivity index (χ0n) is 9.27. The van der Waals surface area contributed by atoms with Gasteiger partial charge < -0.3 is 0 Å². The Labute approximate surface area is 106 Å². The summed E-state index contributed by atoms with van der Waals surface area (Å²) >= 11 is 3.23. The van der Waals surface area contributed by atoms with E-state index in [2.05, 4.69) is 15.9 Å². The molecule has 90 valence electrons. The highest BCUT2D eigenvalue weighted by Gasteiger charge is 2.16. The van der Waals surface area contributed by atoms with Gasteiger partial charge in [-0.05, 0) is 12.0 Å². The van der Waals surface area contributed by atoms with Crippen LogP contribution >= 0.6 is 15.9 Å². The number of alkyl halides is 1. The molecule has 0 unspecified atom stereocenters. The summed E-state index contributed by atoms with van der Waals surface area (Å²) in [6, 6.07) is 9.66. The van der Waals surface area contributed by atoms with Crippen LogP contribution in [-0.2, 0) is 16.4 Å². The van der Waals surface area contributed by atoms with E-state index in [1.807, 2.05) is 30.3 Å². The molecule has 0 radical (unpaired) electrons. The van der Waals surface area contributed by atoms with E-state index < -0.39 is 10.0 Å². The van der Waals surface area contributed by atoms with E-state index in [-0.39, 0.29) is 5.75 Å². The molecule has 0 atom stereocenters. The fourth-order valence-corrected chi connectivity index (χ4v) is 3.25. The molecule has 0 aliphatic carbocycles. The van der Waals surface area contributed by atoms with Crippen molar-refractivity contribution in [1.29, 1.82) is 0 Å². The highest BCUT2D eigenvalue weighted by Crippen LogP contribution is 2.05. The van der Waals surface area contributed by atoms with Crippen LogP contribution in [0.15, 0.2) is 30.3 Å². The van der Waals surface area contributed by atoms with E-state index in [9.17, 15) is 8.42 Å². The molecule has 1 aromatic rings. The van der Waals surface area contributed by atoms with Crippen molar-refractivity contribution in [2.45, 2.75) is 6.42 Å². The monoisotopic (exact) mass is 305 g/mol. The van der Waals surface area contributed by atoms with Gasteiger partial charge in [-0.3, -0.25) is 0 Å². The minimum atomic E-state index is -3.12. The summed E-state index contributed by atoms with van der Waals surface area (Å²) in [7, 11) is -1.50. The lowest BCUT2D eigenvalue weighted by atomic mass is 10.2. The Morgan fingerprint density at radius 2 is 1.88 bits per heavy atom. The fourth-order valence-electron chi connectivity index (χ4n) is 1.31. The van der Waals surface area contributed by atoms with Crippen LogP contribution in [0.1, 0.15) is 5.56 Å². The van der Waals surface area contributed by atoms with Crippen LogP contribution in [0.25, 0.3) is 0 Å². The van der Waals surface area contributed by atoms with Gasteiger partial charge in [-0.15, -0.1) is 0 Å². The first-order chi connectivity index (χ1) is 7.56. The number of hydrogen-bond acceptors (Lipinski definition) is 2. The van der Waals surface area contributed by atoms with Crippen molar-refractivity contribution < 1.29 is 8.42 Å². The smallest absolute Gasteiger partial charge is 0.212 e.